The Labute approximate surface area is 118 Å². The van der Waals surface area contributed by atoms with Gasteiger partial charge in [0.15, 0.2) is 0 Å². The maximum Gasteiger partial charge on any atom is 0.241 e. The number of sulfonamides is 1. The quantitative estimate of drug-likeness (QED) is 0.866. The van der Waals surface area contributed by atoms with Crippen molar-refractivity contribution in [1.29, 1.82) is 0 Å². The number of hydrogen-bond donors (Lipinski definition) is 2. The Hall–Kier alpha value is -1.60. The Kier molecular flexibility index (Phi) is 3.75. The highest BCUT2D eigenvalue weighted by Gasteiger charge is 2.24. The van der Waals surface area contributed by atoms with Crippen LogP contribution in [0.2, 0.25) is 0 Å². The van der Waals surface area contributed by atoms with Crippen molar-refractivity contribution in [3.05, 3.63) is 18.2 Å². The molecule has 2 rings (SSSR count). The predicted octanol–water partition coefficient (Wildman–Crippen LogP) is 1.48. The second kappa shape index (κ2) is 5.06. The second-order valence-corrected chi connectivity index (χ2v) is 7.34. The first kappa shape index (κ1) is 14.8. The lowest BCUT2D eigenvalue weighted by Crippen LogP contribution is -2.40. The van der Waals surface area contributed by atoms with Crippen molar-refractivity contribution in [2.24, 2.45) is 0 Å². The zero-order valence-electron chi connectivity index (χ0n) is 11.7. The van der Waals surface area contributed by atoms with E-state index in [4.69, 9.17) is 4.74 Å². The minimum Gasteiger partial charge on any atom is -0.491 e. The summed E-state index contributed by atoms with van der Waals surface area (Å²) in [5.74, 6) is 0.285. The van der Waals surface area contributed by atoms with Crippen molar-refractivity contribution in [1.82, 2.24) is 4.72 Å². The maximum absolute atomic E-state index is 12.2. The average Bonchev–Trinajstić information content (AvgIpc) is 2.45. The minimum absolute atomic E-state index is 0.0944. The molecular weight excluding hydrogens is 280 g/mol. The van der Waals surface area contributed by atoms with E-state index in [0.717, 1.165) is 0 Å². The molecule has 7 heteroatoms. The van der Waals surface area contributed by atoms with Crippen LogP contribution in [0.25, 0.3) is 0 Å². The standard InChI is InChI=1S/C13H18N2O4S/c1-13(2,3)15-20(17,18)9-4-5-11-10(8-9)14-12(16)6-7-19-11/h4-5,8,15H,6-7H2,1-3H3,(H,14,16). The molecule has 6 nitrogen and oxygen atoms in total. The maximum atomic E-state index is 12.2. The SMILES string of the molecule is CC(C)(C)NS(=O)(=O)c1ccc2c(c1)NC(=O)CCO2. The van der Waals surface area contributed by atoms with Gasteiger partial charge in [0.25, 0.3) is 0 Å². The minimum atomic E-state index is -3.64. The van der Waals surface area contributed by atoms with Crippen LogP contribution in [0.3, 0.4) is 0 Å². The predicted molar refractivity (Wildman–Crippen MR) is 75.3 cm³/mol. The molecule has 0 fully saturated rings. The summed E-state index contributed by atoms with van der Waals surface area (Å²) in [5, 5.41) is 2.64. The van der Waals surface area contributed by atoms with Gasteiger partial charge in [-0.15, -0.1) is 0 Å². The lowest BCUT2D eigenvalue weighted by molar-refractivity contribution is -0.116. The van der Waals surface area contributed by atoms with Crippen molar-refractivity contribution >= 4 is 21.6 Å². The van der Waals surface area contributed by atoms with Crippen LogP contribution in [0.5, 0.6) is 5.75 Å². The third kappa shape index (κ3) is 3.49. The van der Waals surface area contributed by atoms with E-state index in [-0.39, 0.29) is 23.8 Å². The molecule has 0 aliphatic carbocycles. The molecule has 1 aliphatic rings. The first-order valence-corrected chi connectivity index (χ1v) is 7.76. The third-order valence-electron chi connectivity index (χ3n) is 2.56. The van der Waals surface area contributed by atoms with Gasteiger partial charge < -0.3 is 10.1 Å². The van der Waals surface area contributed by atoms with E-state index in [1.807, 2.05) is 0 Å². The fourth-order valence-corrected chi connectivity index (χ4v) is 3.27. The summed E-state index contributed by atoms with van der Waals surface area (Å²) in [5.41, 5.74) is -0.199. The number of carbonyl (C=O) groups excluding carboxylic acids is 1. The van der Waals surface area contributed by atoms with Crippen molar-refractivity contribution in [3.8, 4) is 5.75 Å². The van der Waals surface area contributed by atoms with Crippen LogP contribution < -0.4 is 14.8 Å². The highest BCUT2D eigenvalue weighted by molar-refractivity contribution is 7.89. The monoisotopic (exact) mass is 298 g/mol. The van der Waals surface area contributed by atoms with Crippen LogP contribution in [0.15, 0.2) is 23.1 Å². The van der Waals surface area contributed by atoms with Crippen LogP contribution in [0.4, 0.5) is 5.69 Å². The fraction of sp³-hybridized carbons (Fsp3) is 0.462. The Morgan fingerprint density at radius 3 is 2.65 bits per heavy atom. The van der Waals surface area contributed by atoms with Gasteiger partial charge in [0.05, 0.1) is 23.6 Å². The van der Waals surface area contributed by atoms with E-state index < -0.39 is 15.6 Å². The highest BCUT2D eigenvalue weighted by Crippen LogP contribution is 2.30. The Balaban J connectivity index is 2.38. The summed E-state index contributed by atoms with van der Waals surface area (Å²) in [4.78, 5) is 11.6. The first-order chi connectivity index (χ1) is 9.17. The molecule has 0 radical (unpaired) electrons. The number of hydrogen-bond acceptors (Lipinski definition) is 4. The number of carbonyl (C=O) groups is 1. The van der Waals surface area contributed by atoms with Gasteiger partial charge in [0.1, 0.15) is 5.75 Å². The van der Waals surface area contributed by atoms with E-state index in [2.05, 4.69) is 10.0 Å². The zero-order valence-corrected chi connectivity index (χ0v) is 12.5. The Morgan fingerprint density at radius 2 is 2.00 bits per heavy atom. The van der Waals surface area contributed by atoms with Gasteiger partial charge in [0, 0.05) is 5.54 Å². The van der Waals surface area contributed by atoms with Gasteiger partial charge in [0.2, 0.25) is 15.9 Å². The molecule has 0 bridgehead atoms. The van der Waals surface area contributed by atoms with E-state index in [9.17, 15) is 13.2 Å². The second-order valence-electron chi connectivity index (χ2n) is 5.66. The van der Waals surface area contributed by atoms with Crippen LogP contribution in [0, 0.1) is 0 Å². The summed E-state index contributed by atoms with van der Waals surface area (Å²) in [6.07, 6.45) is 0.247. The van der Waals surface area contributed by atoms with Gasteiger partial charge in [-0.2, -0.15) is 0 Å². The first-order valence-electron chi connectivity index (χ1n) is 6.28. The van der Waals surface area contributed by atoms with E-state index >= 15 is 0 Å². The number of rotatable bonds is 2. The molecule has 0 saturated carbocycles. The fourth-order valence-electron chi connectivity index (χ4n) is 1.83. The molecule has 0 saturated heterocycles. The van der Waals surface area contributed by atoms with Crippen LogP contribution in [-0.2, 0) is 14.8 Å². The molecule has 20 heavy (non-hydrogen) atoms. The molecule has 2 N–H and O–H groups in total. The van der Waals surface area contributed by atoms with Crippen LogP contribution in [0.1, 0.15) is 27.2 Å². The number of anilines is 1. The summed E-state index contributed by atoms with van der Waals surface area (Å²) in [6, 6.07) is 4.43. The summed E-state index contributed by atoms with van der Waals surface area (Å²) < 4.78 is 32.4. The van der Waals surface area contributed by atoms with E-state index in [1.165, 1.54) is 12.1 Å². The Bertz CT molecular complexity index is 632. The van der Waals surface area contributed by atoms with Crippen LogP contribution in [-0.4, -0.2) is 26.5 Å². The van der Waals surface area contributed by atoms with Crippen LogP contribution >= 0.6 is 0 Å². The summed E-state index contributed by atoms with van der Waals surface area (Å²) in [6.45, 7) is 5.57. The molecule has 0 atom stereocenters. The third-order valence-corrected chi connectivity index (χ3v) is 4.32. The van der Waals surface area contributed by atoms with Crippen molar-refractivity contribution in [2.45, 2.75) is 37.6 Å². The normalized spacial score (nSPS) is 15.8. The molecule has 1 aliphatic heterocycles. The van der Waals surface area contributed by atoms with Gasteiger partial charge in [-0.1, -0.05) is 0 Å². The molecule has 1 amide bonds. The van der Waals surface area contributed by atoms with Gasteiger partial charge >= 0.3 is 0 Å². The molecule has 0 spiro atoms. The van der Waals surface area contributed by atoms with Gasteiger partial charge in [-0.3, -0.25) is 4.79 Å². The number of fused-ring (bicyclic) bond motifs is 1. The lowest BCUT2D eigenvalue weighted by Gasteiger charge is -2.20. The van der Waals surface area contributed by atoms with Crippen molar-refractivity contribution in [3.63, 3.8) is 0 Å². The Morgan fingerprint density at radius 1 is 1.30 bits per heavy atom. The molecule has 0 unspecified atom stereocenters. The molecule has 1 heterocycles. The van der Waals surface area contributed by atoms with E-state index in [0.29, 0.717) is 11.4 Å². The summed E-state index contributed by atoms with van der Waals surface area (Å²) in [7, 11) is -3.64. The lowest BCUT2D eigenvalue weighted by atomic mass is 10.1. The highest BCUT2D eigenvalue weighted by atomic mass is 32.2. The smallest absolute Gasteiger partial charge is 0.241 e. The number of benzene rings is 1. The zero-order chi connectivity index (χ0) is 15.0. The van der Waals surface area contributed by atoms with Gasteiger partial charge in [-0.25, -0.2) is 13.1 Å². The molecular formula is C13H18N2O4S. The number of ether oxygens (including phenoxy) is 1. The van der Waals surface area contributed by atoms with Crippen molar-refractivity contribution in [2.75, 3.05) is 11.9 Å². The van der Waals surface area contributed by atoms with Crippen molar-refractivity contribution < 1.29 is 17.9 Å². The molecule has 1 aromatic carbocycles. The van der Waals surface area contributed by atoms with Gasteiger partial charge in [-0.05, 0) is 39.0 Å². The number of amides is 1. The molecule has 0 aromatic heterocycles. The largest absolute Gasteiger partial charge is 0.491 e. The van der Waals surface area contributed by atoms with E-state index in [1.54, 1.807) is 26.8 Å². The average molecular weight is 298 g/mol. The summed E-state index contributed by atoms with van der Waals surface area (Å²) >= 11 is 0. The number of nitrogens with one attached hydrogen (secondary N) is 2. The molecule has 1 aromatic rings. The molecule has 110 valence electrons. The topological polar surface area (TPSA) is 84.5 Å².